The minimum absolute atomic E-state index is 0.160. The van der Waals surface area contributed by atoms with Crippen molar-refractivity contribution in [3.8, 4) is 0 Å². The zero-order valence-electron chi connectivity index (χ0n) is 7.10. The Morgan fingerprint density at radius 1 is 1.38 bits per heavy atom. The molecular formula is C10H8FNO. The van der Waals surface area contributed by atoms with Crippen molar-refractivity contribution in [1.29, 1.82) is 0 Å². The van der Waals surface area contributed by atoms with Gasteiger partial charge in [0.15, 0.2) is 5.43 Å². The van der Waals surface area contributed by atoms with E-state index >= 15 is 0 Å². The number of aromatic nitrogens is 1. The lowest BCUT2D eigenvalue weighted by molar-refractivity contribution is 0.620. The maximum absolute atomic E-state index is 13.1. The molecule has 2 nitrogen and oxygen atoms in total. The summed E-state index contributed by atoms with van der Waals surface area (Å²) in [6, 6.07) is 4.28. The lowest BCUT2D eigenvalue weighted by atomic mass is 10.1. The highest BCUT2D eigenvalue weighted by Crippen LogP contribution is 2.13. The first kappa shape index (κ1) is 7.98. The molecule has 1 N–H and O–H groups in total. The average molecular weight is 177 g/mol. The summed E-state index contributed by atoms with van der Waals surface area (Å²) in [7, 11) is 0. The Balaban J connectivity index is 2.97. The Labute approximate surface area is 74.0 Å². The highest BCUT2D eigenvalue weighted by Gasteiger charge is 2.02. The molecule has 3 heteroatoms. The number of aromatic amines is 1. The molecule has 1 aromatic carbocycles. The largest absolute Gasteiger partial charge is 0.361 e. The van der Waals surface area contributed by atoms with Gasteiger partial charge in [0.2, 0.25) is 0 Å². The van der Waals surface area contributed by atoms with Gasteiger partial charge in [-0.2, -0.15) is 0 Å². The zero-order chi connectivity index (χ0) is 9.42. The van der Waals surface area contributed by atoms with Crippen LogP contribution in [-0.2, 0) is 0 Å². The number of hydrogen-bond donors (Lipinski definition) is 1. The molecule has 0 unspecified atom stereocenters. The molecule has 1 aromatic heterocycles. The van der Waals surface area contributed by atoms with E-state index < -0.39 is 0 Å². The molecule has 13 heavy (non-hydrogen) atoms. The Bertz CT molecular complexity index is 516. The quantitative estimate of drug-likeness (QED) is 0.655. The average Bonchev–Trinajstić information content (AvgIpc) is 2.09. The molecule has 0 saturated heterocycles. The van der Waals surface area contributed by atoms with Crippen molar-refractivity contribution in [3.05, 3.63) is 46.0 Å². The van der Waals surface area contributed by atoms with Gasteiger partial charge < -0.3 is 4.98 Å². The predicted octanol–water partition coefficient (Wildman–Crippen LogP) is 1.98. The molecule has 2 aromatic rings. The molecule has 0 saturated carbocycles. The van der Waals surface area contributed by atoms with Gasteiger partial charge >= 0.3 is 0 Å². The fourth-order valence-electron chi connectivity index (χ4n) is 1.30. The molecule has 0 aliphatic heterocycles. The van der Waals surface area contributed by atoms with Crippen molar-refractivity contribution in [1.82, 2.24) is 4.98 Å². The van der Waals surface area contributed by atoms with Crippen LogP contribution >= 0.6 is 0 Å². The van der Waals surface area contributed by atoms with Crippen molar-refractivity contribution < 1.29 is 4.39 Å². The number of benzene rings is 1. The van der Waals surface area contributed by atoms with Gasteiger partial charge in [-0.3, -0.25) is 4.79 Å². The number of H-pyrrole nitrogens is 1. The van der Waals surface area contributed by atoms with Crippen LogP contribution in [0, 0.1) is 12.7 Å². The van der Waals surface area contributed by atoms with Crippen molar-refractivity contribution in [2.45, 2.75) is 6.92 Å². The van der Waals surface area contributed by atoms with Gasteiger partial charge in [-0.25, -0.2) is 4.39 Å². The van der Waals surface area contributed by atoms with Gasteiger partial charge in [0, 0.05) is 23.2 Å². The number of aryl methyl sites for hydroxylation is 1. The Hall–Kier alpha value is -1.64. The minimum Gasteiger partial charge on any atom is -0.361 e. The molecule has 0 spiro atoms. The first-order valence-electron chi connectivity index (χ1n) is 3.96. The van der Waals surface area contributed by atoms with Crippen LogP contribution in [0.25, 0.3) is 10.9 Å². The zero-order valence-corrected chi connectivity index (χ0v) is 7.10. The van der Waals surface area contributed by atoms with Gasteiger partial charge in [0.1, 0.15) is 5.82 Å². The Morgan fingerprint density at radius 2 is 2.15 bits per heavy atom. The van der Waals surface area contributed by atoms with E-state index in [1.807, 2.05) is 0 Å². The number of pyridine rings is 1. The second kappa shape index (κ2) is 2.69. The summed E-state index contributed by atoms with van der Waals surface area (Å²) in [4.78, 5) is 14.1. The minimum atomic E-state index is -0.343. The van der Waals surface area contributed by atoms with E-state index in [0.717, 1.165) is 0 Å². The SMILES string of the molecule is Cc1cc2[nH]ccc(=O)c2cc1F. The lowest BCUT2D eigenvalue weighted by Gasteiger charge is -1.99. The van der Waals surface area contributed by atoms with Crippen LogP contribution in [-0.4, -0.2) is 4.98 Å². The fraction of sp³-hybridized carbons (Fsp3) is 0.100. The molecule has 0 bridgehead atoms. The predicted molar refractivity (Wildman–Crippen MR) is 49.3 cm³/mol. The molecule has 1 heterocycles. The van der Waals surface area contributed by atoms with Gasteiger partial charge in [-0.15, -0.1) is 0 Å². The van der Waals surface area contributed by atoms with Crippen LogP contribution in [0.5, 0.6) is 0 Å². The first-order valence-corrected chi connectivity index (χ1v) is 3.96. The summed E-state index contributed by atoms with van der Waals surface area (Å²) in [5.41, 5.74) is 1.05. The van der Waals surface area contributed by atoms with Crippen molar-refractivity contribution >= 4 is 10.9 Å². The molecule has 0 atom stereocenters. The monoisotopic (exact) mass is 177 g/mol. The van der Waals surface area contributed by atoms with Gasteiger partial charge in [0.05, 0.1) is 0 Å². The highest BCUT2D eigenvalue weighted by atomic mass is 19.1. The molecule has 0 amide bonds. The van der Waals surface area contributed by atoms with E-state index in [1.165, 1.54) is 12.1 Å². The van der Waals surface area contributed by atoms with Crippen LogP contribution < -0.4 is 5.43 Å². The maximum atomic E-state index is 13.1. The number of fused-ring (bicyclic) bond motifs is 1. The topological polar surface area (TPSA) is 32.9 Å². The first-order chi connectivity index (χ1) is 6.18. The summed E-state index contributed by atoms with van der Waals surface area (Å²) < 4.78 is 13.1. The normalized spacial score (nSPS) is 10.6. The van der Waals surface area contributed by atoms with E-state index in [4.69, 9.17) is 0 Å². The van der Waals surface area contributed by atoms with Gasteiger partial charge in [-0.05, 0) is 24.6 Å². The highest BCUT2D eigenvalue weighted by molar-refractivity contribution is 5.78. The van der Waals surface area contributed by atoms with Crippen LogP contribution in [0.4, 0.5) is 4.39 Å². The van der Waals surface area contributed by atoms with Crippen LogP contribution in [0.1, 0.15) is 5.56 Å². The second-order valence-corrected chi connectivity index (χ2v) is 2.99. The molecule has 2 rings (SSSR count). The number of nitrogens with one attached hydrogen (secondary N) is 1. The molecular weight excluding hydrogens is 169 g/mol. The van der Waals surface area contributed by atoms with E-state index in [1.54, 1.807) is 19.2 Å². The smallest absolute Gasteiger partial charge is 0.189 e. The summed E-state index contributed by atoms with van der Waals surface area (Å²) in [6.45, 7) is 1.67. The van der Waals surface area contributed by atoms with Crippen molar-refractivity contribution in [2.24, 2.45) is 0 Å². The van der Waals surface area contributed by atoms with Gasteiger partial charge in [-0.1, -0.05) is 0 Å². The summed E-state index contributed by atoms with van der Waals surface area (Å²) >= 11 is 0. The van der Waals surface area contributed by atoms with E-state index in [0.29, 0.717) is 16.5 Å². The Kier molecular flexibility index (Phi) is 1.65. The van der Waals surface area contributed by atoms with Crippen molar-refractivity contribution in [2.75, 3.05) is 0 Å². The summed E-state index contributed by atoms with van der Waals surface area (Å²) in [6.07, 6.45) is 1.56. The van der Waals surface area contributed by atoms with Crippen LogP contribution in [0.2, 0.25) is 0 Å². The number of rotatable bonds is 0. The molecule has 0 radical (unpaired) electrons. The third-order valence-electron chi connectivity index (χ3n) is 2.04. The molecule has 66 valence electrons. The van der Waals surface area contributed by atoms with Gasteiger partial charge in [0.25, 0.3) is 0 Å². The fourth-order valence-corrected chi connectivity index (χ4v) is 1.30. The van der Waals surface area contributed by atoms with E-state index in [-0.39, 0.29) is 11.2 Å². The molecule has 0 aliphatic rings. The van der Waals surface area contributed by atoms with E-state index in [9.17, 15) is 9.18 Å². The van der Waals surface area contributed by atoms with Crippen LogP contribution in [0.15, 0.2) is 29.2 Å². The lowest BCUT2D eigenvalue weighted by Crippen LogP contribution is -2.01. The maximum Gasteiger partial charge on any atom is 0.189 e. The van der Waals surface area contributed by atoms with Crippen molar-refractivity contribution in [3.63, 3.8) is 0 Å². The molecule has 0 fully saturated rings. The summed E-state index contributed by atoms with van der Waals surface area (Å²) in [5.74, 6) is -0.343. The third-order valence-corrected chi connectivity index (χ3v) is 2.04. The second-order valence-electron chi connectivity index (χ2n) is 2.99. The number of halogens is 1. The standard InChI is InChI=1S/C10H8FNO/c1-6-4-9-7(5-8(6)11)10(13)2-3-12-9/h2-5H,1H3,(H,12,13). The third kappa shape index (κ3) is 1.22. The summed E-state index contributed by atoms with van der Waals surface area (Å²) in [5, 5.41) is 0.394. The number of hydrogen-bond acceptors (Lipinski definition) is 1. The van der Waals surface area contributed by atoms with E-state index in [2.05, 4.69) is 4.98 Å². The van der Waals surface area contributed by atoms with Crippen LogP contribution in [0.3, 0.4) is 0 Å². The molecule has 0 aliphatic carbocycles. The Morgan fingerprint density at radius 3 is 2.92 bits per heavy atom.